The SMILES string of the molecule is CN(C)CCN(C)c1ccc(CNC2CC2)cc1C#N. The first kappa shape index (κ1) is 14.8. The lowest BCUT2D eigenvalue weighted by Crippen LogP contribution is -2.29. The fraction of sp³-hybridized carbons (Fsp3) is 0.562. The highest BCUT2D eigenvalue weighted by molar-refractivity contribution is 5.60. The van der Waals surface area contributed by atoms with E-state index in [1.165, 1.54) is 18.4 Å². The van der Waals surface area contributed by atoms with Crippen LogP contribution in [0.3, 0.4) is 0 Å². The van der Waals surface area contributed by atoms with E-state index >= 15 is 0 Å². The molecule has 0 radical (unpaired) electrons. The number of nitriles is 1. The summed E-state index contributed by atoms with van der Waals surface area (Å²) in [7, 11) is 6.17. The van der Waals surface area contributed by atoms with Crippen LogP contribution >= 0.6 is 0 Å². The first-order chi connectivity index (χ1) is 9.60. The molecule has 0 aromatic heterocycles. The number of nitrogens with zero attached hydrogens (tertiary/aromatic N) is 3. The Balaban J connectivity index is 2.02. The summed E-state index contributed by atoms with van der Waals surface area (Å²) in [6.45, 7) is 2.76. The fourth-order valence-corrected chi connectivity index (χ4v) is 2.14. The van der Waals surface area contributed by atoms with E-state index < -0.39 is 0 Å². The van der Waals surface area contributed by atoms with Crippen molar-refractivity contribution < 1.29 is 0 Å². The maximum Gasteiger partial charge on any atom is 0.101 e. The number of likely N-dealkylation sites (N-methyl/N-ethyl adjacent to an activating group) is 2. The molecule has 0 unspecified atom stereocenters. The minimum absolute atomic E-state index is 0.697. The highest BCUT2D eigenvalue weighted by Crippen LogP contribution is 2.22. The largest absolute Gasteiger partial charge is 0.372 e. The topological polar surface area (TPSA) is 42.3 Å². The summed E-state index contributed by atoms with van der Waals surface area (Å²) in [4.78, 5) is 4.30. The Morgan fingerprint density at radius 2 is 2.00 bits per heavy atom. The van der Waals surface area contributed by atoms with Gasteiger partial charge in [-0.3, -0.25) is 0 Å². The number of hydrogen-bond acceptors (Lipinski definition) is 4. The molecule has 1 fully saturated rings. The molecule has 108 valence electrons. The lowest BCUT2D eigenvalue weighted by atomic mass is 10.1. The van der Waals surface area contributed by atoms with Gasteiger partial charge in [0.2, 0.25) is 0 Å². The zero-order chi connectivity index (χ0) is 14.5. The second-order valence-corrected chi connectivity index (χ2v) is 5.84. The molecule has 0 heterocycles. The molecule has 1 saturated carbocycles. The average Bonchev–Trinajstić information content (AvgIpc) is 3.26. The van der Waals surface area contributed by atoms with Gasteiger partial charge < -0.3 is 15.1 Å². The van der Waals surface area contributed by atoms with Crippen LogP contribution in [-0.2, 0) is 6.54 Å². The maximum atomic E-state index is 9.35. The Bertz CT molecular complexity index is 486. The van der Waals surface area contributed by atoms with Crippen LogP contribution in [0.2, 0.25) is 0 Å². The van der Waals surface area contributed by atoms with Crippen LogP contribution in [0.25, 0.3) is 0 Å². The Hall–Kier alpha value is -1.57. The summed E-state index contributed by atoms with van der Waals surface area (Å²) >= 11 is 0. The van der Waals surface area contributed by atoms with Crippen LogP contribution in [0.15, 0.2) is 18.2 Å². The van der Waals surface area contributed by atoms with Gasteiger partial charge in [-0.05, 0) is 44.6 Å². The van der Waals surface area contributed by atoms with Crippen LogP contribution in [0.5, 0.6) is 0 Å². The third-order valence-electron chi connectivity index (χ3n) is 3.65. The van der Waals surface area contributed by atoms with Crippen molar-refractivity contribution in [1.82, 2.24) is 10.2 Å². The van der Waals surface area contributed by atoms with E-state index in [9.17, 15) is 5.26 Å². The van der Waals surface area contributed by atoms with Crippen LogP contribution in [-0.4, -0.2) is 45.2 Å². The van der Waals surface area contributed by atoms with Crippen molar-refractivity contribution in [1.29, 1.82) is 5.26 Å². The van der Waals surface area contributed by atoms with Crippen molar-refractivity contribution >= 4 is 5.69 Å². The first-order valence-electron chi connectivity index (χ1n) is 7.22. The number of nitrogens with one attached hydrogen (secondary N) is 1. The molecule has 0 spiro atoms. The van der Waals surface area contributed by atoms with E-state index in [4.69, 9.17) is 0 Å². The standard InChI is InChI=1S/C16H24N4/c1-19(2)8-9-20(3)16-7-4-13(10-14(16)11-17)12-18-15-5-6-15/h4,7,10,15,18H,5-6,8-9,12H2,1-3H3. The van der Waals surface area contributed by atoms with Crippen molar-refractivity contribution in [3.8, 4) is 6.07 Å². The van der Waals surface area contributed by atoms with Crippen molar-refractivity contribution in [3.05, 3.63) is 29.3 Å². The smallest absolute Gasteiger partial charge is 0.101 e. The van der Waals surface area contributed by atoms with Crippen molar-refractivity contribution in [3.63, 3.8) is 0 Å². The van der Waals surface area contributed by atoms with Gasteiger partial charge in [0.05, 0.1) is 11.3 Å². The van der Waals surface area contributed by atoms with Gasteiger partial charge >= 0.3 is 0 Å². The normalized spacial score (nSPS) is 14.3. The zero-order valence-electron chi connectivity index (χ0n) is 12.7. The van der Waals surface area contributed by atoms with Gasteiger partial charge in [0.25, 0.3) is 0 Å². The lowest BCUT2D eigenvalue weighted by Gasteiger charge is -2.23. The predicted octanol–water partition coefficient (Wildman–Crippen LogP) is 1.81. The molecule has 0 atom stereocenters. The Kier molecular flexibility index (Phi) is 4.99. The summed E-state index contributed by atoms with van der Waals surface area (Å²) in [5, 5.41) is 12.8. The van der Waals surface area contributed by atoms with Crippen molar-refractivity contribution in [2.24, 2.45) is 0 Å². The van der Waals surface area contributed by atoms with Gasteiger partial charge in [0, 0.05) is 32.7 Å². The summed E-state index contributed by atoms with van der Waals surface area (Å²) in [5.41, 5.74) is 2.98. The van der Waals surface area contributed by atoms with E-state index in [1.807, 2.05) is 13.1 Å². The van der Waals surface area contributed by atoms with Gasteiger partial charge in [-0.15, -0.1) is 0 Å². The molecule has 1 N–H and O–H groups in total. The molecular weight excluding hydrogens is 248 g/mol. The third kappa shape index (κ3) is 4.22. The van der Waals surface area contributed by atoms with Gasteiger partial charge in [-0.1, -0.05) is 6.07 Å². The van der Waals surface area contributed by atoms with Crippen LogP contribution in [0.1, 0.15) is 24.0 Å². The number of anilines is 1. The number of rotatable bonds is 7. The maximum absolute atomic E-state index is 9.35. The molecule has 4 nitrogen and oxygen atoms in total. The number of benzene rings is 1. The second kappa shape index (κ2) is 6.74. The van der Waals surface area contributed by atoms with Gasteiger partial charge in [-0.25, -0.2) is 0 Å². The number of hydrogen-bond donors (Lipinski definition) is 1. The second-order valence-electron chi connectivity index (χ2n) is 5.84. The van der Waals surface area contributed by atoms with E-state index in [0.29, 0.717) is 6.04 Å². The van der Waals surface area contributed by atoms with E-state index in [1.54, 1.807) is 0 Å². The molecule has 0 aliphatic heterocycles. The van der Waals surface area contributed by atoms with Gasteiger partial charge in [-0.2, -0.15) is 5.26 Å². The fourth-order valence-electron chi connectivity index (χ4n) is 2.14. The molecular formula is C16H24N4. The zero-order valence-corrected chi connectivity index (χ0v) is 12.7. The molecule has 20 heavy (non-hydrogen) atoms. The van der Waals surface area contributed by atoms with Gasteiger partial charge in [0.15, 0.2) is 0 Å². The Labute approximate surface area is 122 Å². The van der Waals surface area contributed by atoms with Crippen LogP contribution in [0, 0.1) is 11.3 Å². The molecule has 1 aromatic rings. The Morgan fingerprint density at radius 3 is 2.60 bits per heavy atom. The highest BCUT2D eigenvalue weighted by atomic mass is 15.2. The molecule has 2 rings (SSSR count). The van der Waals surface area contributed by atoms with Crippen LogP contribution < -0.4 is 10.2 Å². The van der Waals surface area contributed by atoms with E-state index in [2.05, 4.69) is 47.4 Å². The minimum Gasteiger partial charge on any atom is -0.372 e. The predicted molar refractivity (Wildman–Crippen MR) is 82.8 cm³/mol. The van der Waals surface area contributed by atoms with Gasteiger partial charge in [0.1, 0.15) is 6.07 Å². The molecule has 1 aromatic carbocycles. The quantitative estimate of drug-likeness (QED) is 0.822. The summed E-state index contributed by atoms with van der Waals surface area (Å²) < 4.78 is 0. The molecule has 1 aliphatic rings. The molecule has 0 amide bonds. The lowest BCUT2D eigenvalue weighted by molar-refractivity contribution is 0.416. The van der Waals surface area contributed by atoms with Crippen molar-refractivity contribution in [2.75, 3.05) is 39.1 Å². The summed E-state index contributed by atoms with van der Waals surface area (Å²) in [6.07, 6.45) is 2.58. The average molecular weight is 272 g/mol. The molecule has 4 heteroatoms. The third-order valence-corrected chi connectivity index (χ3v) is 3.65. The summed E-state index contributed by atoms with van der Waals surface area (Å²) in [6, 6.07) is 9.22. The Morgan fingerprint density at radius 1 is 1.25 bits per heavy atom. The monoisotopic (exact) mass is 272 g/mol. The first-order valence-corrected chi connectivity index (χ1v) is 7.22. The minimum atomic E-state index is 0.697. The van der Waals surface area contributed by atoms with Crippen LogP contribution in [0.4, 0.5) is 5.69 Å². The van der Waals surface area contributed by atoms with Crippen molar-refractivity contribution in [2.45, 2.75) is 25.4 Å². The molecule has 0 saturated heterocycles. The highest BCUT2D eigenvalue weighted by Gasteiger charge is 2.20. The van der Waals surface area contributed by atoms with E-state index in [0.717, 1.165) is 30.9 Å². The molecule has 0 bridgehead atoms. The van der Waals surface area contributed by atoms with E-state index in [-0.39, 0.29) is 0 Å². The summed E-state index contributed by atoms with van der Waals surface area (Å²) in [5.74, 6) is 0. The molecule has 1 aliphatic carbocycles.